The number of carbonyl (C=O) groups excluding carboxylic acids is 1. The summed E-state index contributed by atoms with van der Waals surface area (Å²) in [7, 11) is -3.31. The van der Waals surface area contributed by atoms with Crippen molar-refractivity contribution < 1.29 is 13.2 Å². The van der Waals surface area contributed by atoms with E-state index in [0.29, 0.717) is 17.1 Å². The van der Waals surface area contributed by atoms with Crippen LogP contribution in [0.2, 0.25) is 5.02 Å². The number of nitrogens with one attached hydrogen (secondary N) is 1. The number of carbonyl (C=O) groups is 1. The van der Waals surface area contributed by atoms with Crippen LogP contribution in [0.25, 0.3) is 0 Å². The van der Waals surface area contributed by atoms with Crippen LogP contribution in [-0.2, 0) is 10.0 Å². The fourth-order valence-corrected chi connectivity index (χ4v) is 3.95. The summed E-state index contributed by atoms with van der Waals surface area (Å²) in [4.78, 5) is 12.1. The molecular formula is C18H25ClN2O3S. The molecule has 0 saturated carbocycles. The van der Waals surface area contributed by atoms with E-state index < -0.39 is 10.0 Å². The molecule has 1 aromatic rings. The molecular weight excluding hydrogens is 360 g/mol. The molecule has 0 saturated heterocycles. The SMILES string of the molecule is CS(=O)(=O)N(CCNC(=O)c1ccccc1Cl)CCC1=CCCCC1. The van der Waals surface area contributed by atoms with Gasteiger partial charge in [-0.25, -0.2) is 12.7 Å². The van der Waals surface area contributed by atoms with Gasteiger partial charge in [-0.05, 0) is 44.2 Å². The van der Waals surface area contributed by atoms with Crippen molar-refractivity contribution in [2.75, 3.05) is 25.9 Å². The van der Waals surface area contributed by atoms with Crippen molar-refractivity contribution in [1.29, 1.82) is 0 Å². The predicted octanol–water partition coefficient (Wildman–Crippen LogP) is 3.22. The van der Waals surface area contributed by atoms with E-state index in [1.54, 1.807) is 24.3 Å². The molecule has 1 amide bonds. The smallest absolute Gasteiger partial charge is 0.252 e. The first-order chi connectivity index (χ1) is 11.9. The quantitative estimate of drug-likeness (QED) is 0.700. The van der Waals surface area contributed by atoms with Crippen LogP contribution in [-0.4, -0.2) is 44.5 Å². The lowest BCUT2D eigenvalue weighted by Gasteiger charge is -2.22. The molecule has 0 spiro atoms. The Bertz CT molecular complexity index is 732. The van der Waals surface area contributed by atoms with E-state index in [2.05, 4.69) is 11.4 Å². The predicted molar refractivity (Wildman–Crippen MR) is 101 cm³/mol. The summed E-state index contributed by atoms with van der Waals surface area (Å²) in [5.74, 6) is -0.297. The first-order valence-electron chi connectivity index (χ1n) is 8.53. The van der Waals surface area contributed by atoms with Gasteiger partial charge < -0.3 is 5.32 Å². The Balaban J connectivity index is 1.86. The van der Waals surface area contributed by atoms with Gasteiger partial charge in [0.15, 0.2) is 0 Å². The maximum Gasteiger partial charge on any atom is 0.252 e. The molecule has 7 heteroatoms. The summed E-state index contributed by atoms with van der Waals surface area (Å²) in [5, 5.41) is 3.12. The number of halogens is 1. The Kier molecular flexibility index (Phi) is 7.47. The molecule has 0 heterocycles. The highest BCUT2D eigenvalue weighted by Gasteiger charge is 2.18. The largest absolute Gasteiger partial charge is 0.351 e. The van der Waals surface area contributed by atoms with E-state index in [9.17, 15) is 13.2 Å². The molecule has 25 heavy (non-hydrogen) atoms. The minimum atomic E-state index is -3.31. The first kappa shape index (κ1) is 19.9. The van der Waals surface area contributed by atoms with Crippen molar-refractivity contribution in [1.82, 2.24) is 9.62 Å². The number of sulfonamides is 1. The summed E-state index contributed by atoms with van der Waals surface area (Å²) in [5.41, 5.74) is 1.72. The minimum Gasteiger partial charge on any atom is -0.351 e. The van der Waals surface area contributed by atoms with E-state index in [0.717, 1.165) is 19.3 Å². The summed E-state index contributed by atoms with van der Waals surface area (Å²) >= 11 is 6.00. The second-order valence-electron chi connectivity index (χ2n) is 6.26. The zero-order chi connectivity index (χ0) is 18.3. The van der Waals surface area contributed by atoms with Crippen molar-refractivity contribution in [2.24, 2.45) is 0 Å². The van der Waals surface area contributed by atoms with Gasteiger partial charge in [-0.15, -0.1) is 0 Å². The molecule has 0 aliphatic heterocycles. The average molecular weight is 385 g/mol. The average Bonchev–Trinajstić information content (AvgIpc) is 2.58. The van der Waals surface area contributed by atoms with Crippen LogP contribution in [0.3, 0.4) is 0 Å². The second kappa shape index (κ2) is 9.36. The lowest BCUT2D eigenvalue weighted by Crippen LogP contribution is -2.38. The standard InChI is InChI=1S/C18H25ClN2O3S/c1-25(23,24)21(13-11-15-7-3-2-4-8-15)14-12-20-18(22)16-9-5-6-10-17(16)19/h5-7,9-10H,2-4,8,11-14H2,1H3,(H,20,22). The number of allylic oxidation sites excluding steroid dienone is 1. The number of rotatable bonds is 8. The normalized spacial score (nSPS) is 15.1. The molecule has 0 atom stereocenters. The van der Waals surface area contributed by atoms with Gasteiger partial charge in [-0.2, -0.15) is 0 Å². The third kappa shape index (κ3) is 6.45. The molecule has 0 aromatic heterocycles. The topological polar surface area (TPSA) is 66.5 Å². The van der Waals surface area contributed by atoms with Crippen molar-refractivity contribution in [3.8, 4) is 0 Å². The van der Waals surface area contributed by atoms with Gasteiger partial charge in [0.2, 0.25) is 10.0 Å². The molecule has 0 radical (unpaired) electrons. The summed E-state index contributed by atoms with van der Waals surface area (Å²) in [6.45, 7) is 0.950. The van der Waals surface area contributed by atoms with Crippen LogP contribution in [0.4, 0.5) is 0 Å². The van der Waals surface area contributed by atoms with Crippen molar-refractivity contribution >= 4 is 27.5 Å². The van der Waals surface area contributed by atoms with Crippen molar-refractivity contribution in [3.05, 3.63) is 46.5 Å². The molecule has 1 aliphatic carbocycles. The molecule has 2 rings (SSSR count). The molecule has 1 aliphatic rings. The Morgan fingerprint density at radius 3 is 2.64 bits per heavy atom. The van der Waals surface area contributed by atoms with Gasteiger partial charge in [-0.3, -0.25) is 4.79 Å². The van der Waals surface area contributed by atoms with Crippen LogP contribution >= 0.6 is 11.6 Å². The second-order valence-corrected chi connectivity index (χ2v) is 8.65. The number of hydrogen-bond acceptors (Lipinski definition) is 3. The maximum atomic E-state index is 12.1. The molecule has 138 valence electrons. The third-order valence-corrected chi connectivity index (χ3v) is 5.93. The van der Waals surface area contributed by atoms with Crippen LogP contribution in [0.5, 0.6) is 0 Å². The minimum absolute atomic E-state index is 0.246. The first-order valence-corrected chi connectivity index (χ1v) is 10.8. The van der Waals surface area contributed by atoms with Gasteiger partial charge in [-0.1, -0.05) is 35.4 Å². The summed E-state index contributed by atoms with van der Waals surface area (Å²) in [6.07, 6.45) is 8.72. The highest BCUT2D eigenvalue weighted by molar-refractivity contribution is 7.88. The summed E-state index contributed by atoms with van der Waals surface area (Å²) < 4.78 is 25.4. The Morgan fingerprint density at radius 1 is 1.24 bits per heavy atom. The van der Waals surface area contributed by atoms with Crippen LogP contribution in [0, 0.1) is 0 Å². The van der Waals surface area contributed by atoms with E-state index >= 15 is 0 Å². The fraction of sp³-hybridized carbons (Fsp3) is 0.500. The van der Waals surface area contributed by atoms with Gasteiger partial charge in [0.1, 0.15) is 0 Å². The van der Waals surface area contributed by atoms with Crippen LogP contribution in [0.1, 0.15) is 42.5 Å². The van der Waals surface area contributed by atoms with Crippen LogP contribution in [0.15, 0.2) is 35.9 Å². The number of hydrogen-bond donors (Lipinski definition) is 1. The third-order valence-electron chi connectivity index (χ3n) is 4.30. The van der Waals surface area contributed by atoms with Crippen molar-refractivity contribution in [3.63, 3.8) is 0 Å². The number of nitrogens with zero attached hydrogens (tertiary/aromatic N) is 1. The Hall–Kier alpha value is -1.37. The van der Waals surface area contributed by atoms with E-state index in [4.69, 9.17) is 11.6 Å². The number of benzene rings is 1. The maximum absolute atomic E-state index is 12.1. The summed E-state index contributed by atoms with van der Waals surface area (Å²) in [6, 6.07) is 6.78. The lowest BCUT2D eigenvalue weighted by molar-refractivity contribution is 0.0951. The van der Waals surface area contributed by atoms with Gasteiger partial charge >= 0.3 is 0 Å². The van der Waals surface area contributed by atoms with E-state index in [1.165, 1.54) is 29.0 Å². The molecule has 1 aromatic carbocycles. The van der Waals surface area contributed by atoms with E-state index in [1.807, 2.05) is 0 Å². The zero-order valence-corrected chi connectivity index (χ0v) is 16.1. The Labute approximate surface area is 155 Å². The fourth-order valence-electron chi connectivity index (χ4n) is 2.88. The number of amides is 1. The van der Waals surface area contributed by atoms with Crippen molar-refractivity contribution in [2.45, 2.75) is 32.1 Å². The van der Waals surface area contributed by atoms with Gasteiger partial charge in [0.25, 0.3) is 5.91 Å². The molecule has 0 fully saturated rings. The molecule has 0 bridgehead atoms. The highest BCUT2D eigenvalue weighted by atomic mass is 35.5. The lowest BCUT2D eigenvalue weighted by atomic mass is 9.97. The Morgan fingerprint density at radius 2 is 2.00 bits per heavy atom. The highest BCUT2D eigenvalue weighted by Crippen LogP contribution is 2.20. The van der Waals surface area contributed by atoms with E-state index in [-0.39, 0.29) is 19.0 Å². The molecule has 0 unspecified atom stereocenters. The van der Waals surface area contributed by atoms with Gasteiger partial charge in [0, 0.05) is 19.6 Å². The molecule has 1 N–H and O–H groups in total. The van der Waals surface area contributed by atoms with Crippen LogP contribution < -0.4 is 5.32 Å². The zero-order valence-electron chi connectivity index (χ0n) is 14.5. The monoisotopic (exact) mass is 384 g/mol. The molecule has 5 nitrogen and oxygen atoms in total. The van der Waals surface area contributed by atoms with Gasteiger partial charge in [0.05, 0.1) is 16.8 Å².